The van der Waals surface area contributed by atoms with E-state index in [-0.39, 0.29) is 5.75 Å². The van der Waals surface area contributed by atoms with E-state index in [1.54, 1.807) is 0 Å². The summed E-state index contributed by atoms with van der Waals surface area (Å²) in [6.07, 6.45) is -3.99. The van der Waals surface area contributed by atoms with Crippen LogP contribution in [0.1, 0.15) is 27.9 Å². The second kappa shape index (κ2) is 7.07. The molecule has 0 saturated carbocycles. The van der Waals surface area contributed by atoms with Crippen molar-refractivity contribution in [3.05, 3.63) is 46.5 Å². The number of carbonyl (C=O) groups is 1. The molecule has 142 valence electrons. The molecule has 2 heterocycles. The molecule has 3 N–H and O–H groups in total. The number of pyridine rings is 1. The van der Waals surface area contributed by atoms with E-state index < -0.39 is 12.3 Å². The van der Waals surface area contributed by atoms with Gasteiger partial charge in [-0.15, -0.1) is 24.5 Å². The van der Waals surface area contributed by atoms with Crippen LogP contribution in [0.25, 0.3) is 10.2 Å². The molecule has 0 spiro atoms. The van der Waals surface area contributed by atoms with Crippen LogP contribution in [-0.2, 0) is 6.42 Å². The van der Waals surface area contributed by atoms with Crippen LogP contribution in [-0.4, -0.2) is 17.3 Å². The zero-order valence-electron chi connectivity index (χ0n) is 14.5. The number of benzene rings is 1. The van der Waals surface area contributed by atoms with Gasteiger partial charge in [0.1, 0.15) is 15.5 Å². The van der Waals surface area contributed by atoms with E-state index in [4.69, 9.17) is 5.73 Å². The first-order chi connectivity index (χ1) is 12.7. The monoisotopic (exact) mass is 395 g/mol. The van der Waals surface area contributed by atoms with Gasteiger partial charge < -0.3 is 15.8 Å². The molecule has 0 atom stereocenters. The molecule has 2 aromatic heterocycles. The maximum Gasteiger partial charge on any atom is 0.573 e. The van der Waals surface area contributed by atoms with Crippen LogP contribution in [0.4, 0.5) is 24.5 Å². The summed E-state index contributed by atoms with van der Waals surface area (Å²) in [6.45, 7) is 3.94. The Morgan fingerprint density at radius 2 is 1.96 bits per heavy atom. The number of aromatic nitrogens is 1. The summed E-state index contributed by atoms with van der Waals surface area (Å²) >= 11 is 1.18. The zero-order chi connectivity index (χ0) is 19.8. The van der Waals surface area contributed by atoms with Crippen molar-refractivity contribution < 1.29 is 22.7 Å². The van der Waals surface area contributed by atoms with Gasteiger partial charge in [-0.3, -0.25) is 4.79 Å². The summed E-state index contributed by atoms with van der Waals surface area (Å²) in [4.78, 5) is 18.1. The molecule has 1 aromatic carbocycles. The van der Waals surface area contributed by atoms with Gasteiger partial charge in [0.2, 0.25) is 0 Å². The maximum atomic E-state index is 12.5. The molecular formula is C18H16F3N3O2S. The molecule has 3 rings (SSSR count). The highest BCUT2D eigenvalue weighted by molar-refractivity contribution is 7.21. The number of halogens is 3. The molecular weight excluding hydrogens is 379 g/mol. The highest BCUT2D eigenvalue weighted by Gasteiger charge is 2.31. The number of nitrogens with zero attached hydrogens (tertiary/aromatic N) is 1. The predicted molar refractivity (Wildman–Crippen MR) is 99.2 cm³/mol. The van der Waals surface area contributed by atoms with E-state index in [9.17, 15) is 18.0 Å². The standard InChI is InChI=1S/C18H16F3N3O2S/c1-3-13-9(2)8-12-14(22)15(27-17(12)24-13)16(25)23-10-4-6-11(7-5-10)26-18(19,20)21/h4-8H,3,22H2,1-2H3,(H,23,25). The van der Waals surface area contributed by atoms with Gasteiger partial charge in [-0.1, -0.05) is 6.92 Å². The van der Waals surface area contributed by atoms with Crippen LogP contribution >= 0.6 is 11.3 Å². The van der Waals surface area contributed by atoms with E-state index in [1.807, 2.05) is 19.9 Å². The summed E-state index contributed by atoms with van der Waals surface area (Å²) < 4.78 is 40.4. The van der Waals surface area contributed by atoms with Crippen molar-refractivity contribution in [1.29, 1.82) is 0 Å². The number of thiophene rings is 1. The van der Waals surface area contributed by atoms with Gasteiger partial charge in [0.05, 0.1) is 5.69 Å². The molecule has 0 aliphatic rings. The lowest BCUT2D eigenvalue weighted by atomic mass is 10.1. The van der Waals surface area contributed by atoms with Crippen molar-refractivity contribution in [3.63, 3.8) is 0 Å². The van der Waals surface area contributed by atoms with Crippen LogP contribution < -0.4 is 15.8 Å². The first-order valence-electron chi connectivity index (χ1n) is 8.03. The lowest BCUT2D eigenvalue weighted by Gasteiger charge is -2.09. The third kappa shape index (κ3) is 4.13. The second-order valence-electron chi connectivity index (χ2n) is 5.83. The highest BCUT2D eigenvalue weighted by atomic mass is 32.1. The molecule has 1 amide bonds. The van der Waals surface area contributed by atoms with Crippen molar-refractivity contribution in [2.75, 3.05) is 11.1 Å². The molecule has 0 radical (unpaired) electrons. The normalized spacial score (nSPS) is 11.6. The minimum atomic E-state index is -4.77. The predicted octanol–water partition coefficient (Wildman–Crippen LogP) is 4.90. The third-order valence-electron chi connectivity index (χ3n) is 3.90. The number of nitrogens with two attached hydrogens (primary N) is 1. The molecule has 0 saturated heterocycles. The summed E-state index contributed by atoms with van der Waals surface area (Å²) in [5.74, 6) is -0.815. The number of carbonyl (C=O) groups excluding carboxylic acids is 1. The average molecular weight is 395 g/mol. The SMILES string of the molecule is CCc1nc2sc(C(=O)Nc3ccc(OC(F)(F)F)cc3)c(N)c2cc1C. The van der Waals surface area contributed by atoms with Gasteiger partial charge in [-0.2, -0.15) is 0 Å². The topological polar surface area (TPSA) is 77.2 Å². The average Bonchev–Trinajstić information content (AvgIpc) is 2.91. The molecule has 9 heteroatoms. The Balaban J connectivity index is 1.83. The van der Waals surface area contributed by atoms with E-state index in [1.165, 1.54) is 23.5 Å². The summed E-state index contributed by atoms with van der Waals surface area (Å²) in [6, 6.07) is 6.79. The van der Waals surface area contributed by atoms with E-state index in [0.29, 0.717) is 26.5 Å². The molecule has 5 nitrogen and oxygen atoms in total. The lowest BCUT2D eigenvalue weighted by Crippen LogP contribution is -2.17. The van der Waals surface area contributed by atoms with Crippen LogP contribution in [0.15, 0.2) is 30.3 Å². The molecule has 27 heavy (non-hydrogen) atoms. The van der Waals surface area contributed by atoms with E-state index in [2.05, 4.69) is 15.0 Å². The lowest BCUT2D eigenvalue weighted by molar-refractivity contribution is -0.274. The number of amides is 1. The molecule has 0 unspecified atom stereocenters. The quantitative estimate of drug-likeness (QED) is 0.659. The zero-order valence-corrected chi connectivity index (χ0v) is 15.3. The number of fused-ring (bicyclic) bond motifs is 1. The summed E-state index contributed by atoms with van der Waals surface area (Å²) in [5.41, 5.74) is 8.71. The highest BCUT2D eigenvalue weighted by Crippen LogP contribution is 2.34. The minimum Gasteiger partial charge on any atom is -0.406 e. The molecule has 0 aliphatic carbocycles. The first-order valence-corrected chi connectivity index (χ1v) is 8.85. The fourth-order valence-electron chi connectivity index (χ4n) is 2.63. The number of nitrogens with one attached hydrogen (secondary N) is 1. The Morgan fingerprint density at radius 1 is 1.30 bits per heavy atom. The first kappa shape index (κ1) is 19.0. The molecule has 0 aliphatic heterocycles. The Hall–Kier alpha value is -2.81. The molecule has 0 fully saturated rings. The largest absolute Gasteiger partial charge is 0.573 e. The van der Waals surface area contributed by atoms with Gasteiger partial charge in [0.15, 0.2) is 0 Å². The Morgan fingerprint density at radius 3 is 2.56 bits per heavy atom. The second-order valence-corrected chi connectivity index (χ2v) is 6.83. The van der Waals surface area contributed by atoms with Crippen LogP contribution in [0.2, 0.25) is 0 Å². The fraction of sp³-hybridized carbons (Fsp3) is 0.222. The number of aryl methyl sites for hydroxylation is 2. The number of ether oxygens (including phenoxy) is 1. The number of hydrogen-bond donors (Lipinski definition) is 2. The van der Waals surface area contributed by atoms with Crippen molar-refractivity contribution in [2.45, 2.75) is 26.6 Å². The number of nitrogen functional groups attached to an aromatic ring is 1. The Kier molecular flexibility index (Phi) is 4.97. The number of anilines is 2. The van der Waals surface area contributed by atoms with Crippen LogP contribution in [0.3, 0.4) is 0 Å². The number of rotatable bonds is 4. The van der Waals surface area contributed by atoms with Crippen LogP contribution in [0.5, 0.6) is 5.75 Å². The number of alkyl halides is 3. The molecule has 0 bridgehead atoms. The number of hydrogen-bond acceptors (Lipinski definition) is 5. The van der Waals surface area contributed by atoms with E-state index >= 15 is 0 Å². The van der Waals surface area contributed by atoms with E-state index in [0.717, 1.165) is 29.8 Å². The molecule has 3 aromatic rings. The summed E-state index contributed by atoms with van der Waals surface area (Å²) in [5, 5.41) is 3.34. The van der Waals surface area contributed by atoms with Gasteiger partial charge >= 0.3 is 6.36 Å². The van der Waals surface area contributed by atoms with Crippen molar-refractivity contribution in [3.8, 4) is 5.75 Å². The maximum absolute atomic E-state index is 12.5. The van der Waals surface area contributed by atoms with Crippen molar-refractivity contribution >= 4 is 38.8 Å². The van der Waals surface area contributed by atoms with Crippen molar-refractivity contribution in [2.24, 2.45) is 0 Å². The van der Waals surface area contributed by atoms with Crippen LogP contribution in [0, 0.1) is 6.92 Å². The Labute approximate surface area is 157 Å². The van der Waals surface area contributed by atoms with Gasteiger partial charge in [-0.05, 0) is 49.2 Å². The fourth-order valence-corrected chi connectivity index (χ4v) is 3.62. The third-order valence-corrected chi connectivity index (χ3v) is 5.02. The van der Waals surface area contributed by atoms with Crippen molar-refractivity contribution in [1.82, 2.24) is 4.98 Å². The smallest absolute Gasteiger partial charge is 0.406 e. The minimum absolute atomic E-state index is 0.306. The Bertz CT molecular complexity index is 998. The van der Waals surface area contributed by atoms with Gasteiger partial charge in [0.25, 0.3) is 5.91 Å². The van der Waals surface area contributed by atoms with Gasteiger partial charge in [0, 0.05) is 16.8 Å². The summed E-state index contributed by atoms with van der Waals surface area (Å²) in [7, 11) is 0. The van der Waals surface area contributed by atoms with Gasteiger partial charge in [-0.25, -0.2) is 4.98 Å².